The van der Waals surface area contributed by atoms with Gasteiger partial charge in [0, 0.05) is 12.2 Å². The molecule has 1 saturated heterocycles. The topological polar surface area (TPSA) is 87.7 Å². The molecule has 34 heavy (non-hydrogen) atoms. The molecule has 0 unspecified atom stereocenters. The largest absolute Gasteiger partial charge is 0.418 e. The van der Waals surface area contributed by atoms with Crippen LogP contribution in [0.4, 0.5) is 24.5 Å². The first kappa shape index (κ1) is 24.7. The van der Waals surface area contributed by atoms with Gasteiger partial charge in [0.2, 0.25) is 11.8 Å². The van der Waals surface area contributed by atoms with Gasteiger partial charge in [-0.15, -0.1) is 11.3 Å². The fraction of sp³-hybridized carbons (Fsp3) is 0.409. The van der Waals surface area contributed by atoms with Gasteiger partial charge in [-0.05, 0) is 65.5 Å². The highest BCUT2D eigenvalue weighted by Gasteiger charge is 2.46. The van der Waals surface area contributed by atoms with Crippen molar-refractivity contribution in [2.24, 2.45) is 0 Å². The number of rotatable bonds is 5. The number of hydrogen-bond acceptors (Lipinski definition) is 5. The Morgan fingerprint density at radius 3 is 2.53 bits per heavy atom. The second kappa shape index (κ2) is 9.67. The lowest BCUT2D eigenvalue weighted by Crippen LogP contribution is -2.61. The number of anilines is 2. The Hall–Kier alpha value is -2.44. The number of carbonyl (C=O) groups excluding carboxylic acids is 3. The molecule has 4 rings (SSSR count). The molecule has 2 aliphatic rings. The van der Waals surface area contributed by atoms with Gasteiger partial charge < -0.3 is 20.3 Å². The Morgan fingerprint density at radius 2 is 1.91 bits per heavy atom. The third-order valence-electron chi connectivity index (χ3n) is 5.86. The minimum Gasteiger partial charge on any atom is -0.379 e. The van der Waals surface area contributed by atoms with E-state index in [0.29, 0.717) is 24.1 Å². The van der Waals surface area contributed by atoms with E-state index >= 15 is 0 Å². The second-order valence-corrected chi connectivity index (χ2v) is 10.5. The average Bonchev–Trinajstić information content (AvgIpc) is 3.07. The van der Waals surface area contributed by atoms with E-state index in [4.69, 9.17) is 4.74 Å². The van der Waals surface area contributed by atoms with Gasteiger partial charge in [-0.25, -0.2) is 0 Å². The van der Waals surface area contributed by atoms with E-state index in [1.165, 1.54) is 23.5 Å². The molecule has 2 heterocycles. The molecule has 7 nitrogen and oxygen atoms in total. The zero-order chi connectivity index (χ0) is 24.5. The molecule has 12 heteroatoms. The average molecular weight is 560 g/mol. The van der Waals surface area contributed by atoms with Crippen molar-refractivity contribution < 1.29 is 32.3 Å². The summed E-state index contributed by atoms with van der Waals surface area (Å²) in [6, 6.07) is 6.66. The predicted molar refractivity (Wildman–Crippen MR) is 124 cm³/mol. The van der Waals surface area contributed by atoms with Crippen LogP contribution in [-0.2, 0) is 20.5 Å². The Balaban J connectivity index is 1.56. The number of alkyl halides is 3. The predicted octanol–water partition coefficient (Wildman–Crippen LogP) is 4.57. The summed E-state index contributed by atoms with van der Waals surface area (Å²) in [4.78, 5) is 39.4. The van der Waals surface area contributed by atoms with Crippen LogP contribution < -0.4 is 15.5 Å². The third kappa shape index (κ3) is 5.13. The number of benzene rings is 1. The van der Waals surface area contributed by atoms with Crippen molar-refractivity contribution in [1.29, 1.82) is 0 Å². The van der Waals surface area contributed by atoms with Crippen LogP contribution in [0.2, 0.25) is 0 Å². The van der Waals surface area contributed by atoms with Crippen molar-refractivity contribution in [1.82, 2.24) is 5.32 Å². The minimum atomic E-state index is -4.75. The molecule has 0 radical (unpaired) electrons. The second-order valence-electron chi connectivity index (χ2n) is 8.09. The van der Waals surface area contributed by atoms with E-state index < -0.39 is 35.0 Å². The van der Waals surface area contributed by atoms with Gasteiger partial charge in [0.15, 0.2) is 0 Å². The maximum atomic E-state index is 13.9. The highest BCUT2D eigenvalue weighted by Crippen LogP contribution is 2.40. The molecule has 1 aliphatic carbocycles. The van der Waals surface area contributed by atoms with Crippen LogP contribution in [0.25, 0.3) is 0 Å². The van der Waals surface area contributed by atoms with Gasteiger partial charge in [0.1, 0.15) is 5.54 Å². The molecule has 2 N–H and O–H groups in total. The van der Waals surface area contributed by atoms with Crippen molar-refractivity contribution in [3.8, 4) is 0 Å². The number of amides is 3. The van der Waals surface area contributed by atoms with E-state index in [0.717, 1.165) is 14.8 Å². The quantitative estimate of drug-likeness (QED) is 0.561. The summed E-state index contributed by atoms with van der Waals surface area (Å²) in [7, 11) is 0. The Labute approximate surface area is 205 Å². The lowest BCUT2D eigenvalue weighted by atomic mass is 9.75. The number of nitrogens with zero attached hydrogens (tertiary/aromatic N) is 1. The lowest BCUT2D eigenvalue weighted by molar-refractivity contribution is -0.137. The number of hydrogen-bond donors (Lipinski definition) is 2. The Kier molecular flexibility index (Phi) is 7.02. The zero-order valence-electron chi connectivity index (χ0n) is 17.8. The summed E-state index contributed by atoms with van der Waals surface area (Å²) in [6.45, 7) is 0.285. The van der Waals surface area contributed by atoms with Crippen LogP contribution in [0.5, 0.6) is 0 Å². The van der Waals surface area contributed by atoms with Crippen molar-refractivity contribution in [2.75, 3.05) is 30.0 Å². The van der Waals surface area contributed by atoms with E-state index in [1.807, 2.05) is 0 Å². The molecule has 182 valence electrons. The highest BCUT2D eigenvalue weighted by atomic mass is 79.9. The fourth-order valence-electron chi connectivity index (χ4n) is 3.91. The van der Waals surface area contributed by atoms with E-state index in [2.05, 4.69) is 26.6 Å². The standard InChI is InChI=1S/C22H21BrF3N3O4S/c23-17-5-4-16(34-17)19(31)28-21(7-1-8-21)20(32)27-13-2-3-15(14(12-13)22(24,25)26)29-9-11-33-10-6-18(29)30/h2-5,12H,1,6-11H2,(H,27,32)(H,28,31). The molecule has 1 aliphatic heterocycles. The van der Waals surface area contributed by atoms with Crippen LogP contribution in [0.15, 0.2) is 34.1 Å². The molecule has 2 aromatic rings. The first-order chi connectivity index (χ1) is 16.1. The fourth-order valence-corrected chi connectivity index (χ4v) is 5.19. The van der Waals surface area contributed by atoms with Gasteiger partial charge in [-0.2, -0.15) is 13.2 Å². The number of carbonyl (C=O) groups is 3. The molecule has 0 spiro atoms. The Bertz CT molecular complexity index is 1120. The summed E-state index contributed by atoms with van der Waals surface area (Å²) < 4.78 is 47.6. The summed E-state index contributed by atoms with van der Waals surface area (Å²) in [5, 5.41) is 5.28. The summed E-state index contributed by atoms with van der Waals surface area (Å²) in [5.74, 6) is -1.46. The number of halogens is 4. The minimum absolute atomic E-state index is 0.00158. The van der Waals surface area contributed by atoms with Gasteiger partial charge in [0.05, 0.1) is 39.5 Å². The molecule has 0 bridgehead atoms. The maximum Gasteiger partial charge on any atom is 0.418 e. The normalized spacial score (nSPS) is 18.1. The first-order valence-electron chi connectivity index (χ1n) is 10.6. The summed E-state index contributed by atoms with van der Waals surface area (Å²) in [5.41, 5.74) is -2.58. The van der Waals surface area contributed by atoms with Crippen molar-refractivity contribution in [3.63, 3.8) is 0 Å². The number of thiophene rings is 1. The van der Waals surface area contributed by atoms with Crippen LogP contribution in [-0.4, -0.2) is 43.0 Å². The molecule has 1 saturated carbocycles. The summed E-state index contributed by atoms with van der Waals surface area (Å²) in [6.07, 6.45) is -3.31. The highest BCUT2D eigenvalue weighted by molar-refractivity contribution is 9.11. The first-order valence-corrected chi connectivity index (χ1v) is 12.2. The molecular weight excluding hydrogens is 539 g/mol. The van der Waals surface area contributed by atoms with Gasteiger partial charge in [0.25, 0.3) is 5.91 Å². The van der Waals surface area contributed by atoms with E-state index in [1.54, 1.807) is 12.1 Å². The third-order valence-corrected chi connectivity index (χ3v) is 7.49. The van der Waals surface area contributed by atoms with Crippen molar-refractivity contribution in [2.45, 2.75) is 37.4 Å². The van der Waals surface area contributed by atoms with Gasteiger partial charge in [-0.3, -0.25) is 14.4 Å². The summed E-state index contributed by atoms with van der Waals surface area (Å²) >= 11 is 4.50. The van der Waals surface area contributed by atoms with Gasteiger partial charge in [-0.1, -0.05) is 0 Å². The Morgan fingerprint density at radius 1 is 1.15 bits per heavy atom. The van der Waals surface area contributed by atoms with Crippen LogP contribution in [0, 0.1) is 0 Å². The van der Waals surface area contributed by atoms with Crippen molar-refractivity contribution in [3.05, 3.63) is 44.6 Å². The van der Waals surface area contributed by atoms with Crippen LogP contribution in [0.1, 0.15) is 40.9 Å². The molecule has 3 amide bonds. The van der Waals surface area contributed by atoms with E-state index in [9.17, 15) is 27.6 Å². The maximum absolute atomic E-state index is 13.9. The van der Waals surface area contributed by atoms with E-state index in [-0.39, 0.29) is 37.6 Å². The smallest absolute Gasteiger partial charge is 0.379 e. The number of ether oxygens (including phenoxy) is 1. The molecule has 0 atom stereocenters. The SMILES string of the molecule is O=C(NC1(C(=O)Nc2ccc(N3CCOCCC3=O)c(C(F)(F)F)c2)CCC1)c1ccc(Br)s1. The van der Waals surface area contributed by atoms with Crippen molar-refractivity contribution >= 4 is 56.4 Å². The monoisotopic (exact) mass is 559 g/mol. The number of nitrogens with one attached hydrogen (secondary N) is 2. The van der Waals surface area contributed by atoms with Crippen LogP contribution in [0.3, 0.4) is 0 Å². The molecule has 1 aromatic carbocycles. The van der Waals surface area contributed by atoms with Gasteiger partial charge >= 0.3 is 6.18 Å². The molecule has 2 fully saturated rings. The lowest BCUT2D eigenvalue weighted by Gasteiger charge is -2.40. The molecular formula is C22H21BrF3N3O4S. The molecule has 1 aromatic heterocycles. The zero-order valence-corrected chi connectivity index (χ0v) is 20.2. The van der Waals surface area contributed by atoms with Crippen LogP contribution >= 0.6 is 27.3 Å².